The van der Waals surface area contributed by atoms with Crippen LogP contribution in [0.15, 0.2) is 133 Å². The van der Waals surface area contributed by atoms with Crippen LogP contribution in [-0.2, 0) is 43.0 Å². The summed E-state index contributed by atoms with van der Waals surface area (Å²) in [6.07, 6.45) is -8.74. The van der Waals surface area contributed by atoms with Gasteiger partial charge in [0, 0.05) is 22.3 Å². The summed E-state index contributed by atoms with van der Waals surface area (Å²) in [6.45, 7) is 0.0284. The molecule has 8 rings (SSSR count). The number of aromatic nitrogens is 8. The van der Waals surface area contributed by atoms with E-state index in [0.29, 0.717) is 44.5 Å². The molecule has 0 fully saturated rings. The van der Waals surface area contributed by atoms with Gasteiger partial charge in [-0.2, -0.15) is 35.9 Å². The van der Waals surface area contributed by atoms with E-state index in [1.807, 2.05) is 0 Å². The number of esters is 1. The maximum Gasteiger partial charge on any atom is 0.416 e. The Kier molecular flexibility index (Phi) is 13.9. The van der Waals surface area contributed by atoms with Crippen LogP contribution in [0.1, 0.15) is 65.2 Å². The highest BCUT2D eigenvalue weighted by molar-refractivity contribution is 5.91. The molecular formula is C47H34F8N8O4. The van der Waals surface area contributed by atoms with Gasteiger partial charge in [0.1, 0.15) is 11.6 Å². The molecule has 20 heteroatoms. The van der Waals surface area contributed by atoms with E-state index in [0.717, 1.165) is 29.1 Å². The summed E-state index contributed by atoms with van der Waals surface area (Å²) in [5, 5.41) is 33.8. The molecule has 8 aromatic rings. The number of carboxylic acid groups (broad SMARTS) is 1. The molecule has 1 N–H and O–H groups in total. The number of alkyl halides is 6. The molecule has 0 atom stereocenters. The molecule has 2 aromatic heterocycles. The summed E-state index contributed by atoms with van der Waals surface area (Å²) in [4.78, 5) is 25.9. The van der Waals surface area contributed by atoms with Crippen LogP contribution in [0.4, 0.5) is 35.1 Å². The second-order valence-electron chi connectivity index (χ2n) is 14.8. The van der Waals surface area contributed by atoms with Crippen LogP contribution in [-0.4, -0.2) is 64.6 Å². The molecule has 0 unspecified atom stereocenters. The molecule has 342 valence electrons. The molecule has 2 heterocycles. The Labute approximate surface area is 375 Å². The number of carboxylic acids is 1. The summed E-state index contributed by atoms with van der Waals surface area (Å²) < 4.78 is 111. The molecule has 0 bridgehead atoms. The number of carbonyl (C=O) groups is 2. The summed E-state index contributed by atoms with van der Waals surface area (Å²) >= 11 is 0. The predicted octanol–water partition coefficient (Wildman–Crippen LogP) is 9.76. The number of rotatable bonds is 12. The Morgan fingerprint density at radius 3 is 1.40 bits per heavy atom. The molecular weight excluding hydrogens is 893 g/mol. The van der Waals surface area contributed by atoms with Gasteiger partial charge in [-0.15, -0.1) is 20.4 Å². The Morgan fingerprint density at radius 2 is 0.985 bits per heavy atom. The third-order valence-corrected chi connectivity index (χ3v) is 10.1. The van der Waals surface area contributed by atoms with Gasteiger partial charge in [-0.05, 0) is 94.1 Å². The van der Waals surface area contributed by atoms with Gasteiger partial charge in [0.15, 0.2) is 0 Å². The topological polar surface area (TPSA) is 151 Å². The summed E-state index contributed by atoms with van der Waals surface area (Å²) in [6, 6.07) is 31.0. The molecule has 0 amide bonds. The Bertz CT molecular complexity index is 3060. The van der Waals surface area contributed by atoms with Crippen molar-refractivity contribution in [2.45, 2.75) is 38.3 Å². The van der Waals surface area contributed by atoms with E-state index in [4.69, 9.17) is 4.74 Å². The molecule has 0 spiro atoms. The first-order valence-corrected chi connectivity index (χ1v) is 19.9. The molecule has 0 aliphatic rings. The summed E-state index contributed by atoms with van der Waals surface area (Å²) in [7, 11) is 1.24. The Balaban J connectivity index is 0.000000199. The number of tetrazole rings is 2. The standard InChI is InChI=1S/C24H18F4N4O2.C23H16F4N4O2/c1-34-23(33)17-10-9-16(11-15-5-4-7-19(12-15)24(26,27)28)20(13-17)22-29-31-32(30-22)14-18-6-2-3-8-21(18)25;24-20-7-2-1-5-17(20)13-31-29-21(28-30-31)19-12-16(22(32)33)9-8-15(19)10-14-4-3-6-18(11-14)23(25,26)27/h2-10,12-13H,11,14H2,1H3;1-9,11-12H,10,13H2,(H,32,33). The highest BCUT2D eigenvalue weighted by atomic mass is 19.4. The lowest BCUT2D eigenvalue weighted by Gasteiger charge is -2.11. The van der Waals surface area contributed by atoms with E-state index in [-0.39, 0.29) is 48.7 Å². The number of methoxy groups -OCH3 is 1. The minimum atomic E-state index is -4.48. The minimum Gasteiger partial charge on any atom is -0.478 e. The maximum atomic E-state index is 14.0. The van der Waals surface area contributed by atoms with Crippen molar-refractivity contribution in [2.24, 2.45) is 0 Å². The lowest BCUT2D eigenvalue weighted by molar-refractivity contribution is -0.138. The average Bonchev–Trinajstić information content (AvgIpc) is 3.98. The fraction of sp³-hybridized carbons (Fsp3) is 0.149. The number of aromatic carboxylic acids is 1. The van der Waals surface area contributed by atoms with Crippen molar-refractivity contribution in [3.63, 3.8) is 0 Å². The number of ether oxygens (including phenoxy) is 1. The van der Waals surface area contributed by atoms with Crippen LogP contribution in [0.3, 0.4) is 0 Å². The number of carbonyl (C=O) groups excluding carboxylic acids is 1. The monoisotopic (exact) mass is 926 g/mol. The number of benzene rings is 6. The molecule has 0 aliphatic heterocycles. The zero-order chi connectivity index (χ0) is 47.9. The largest absolute Gasteiger partial charge is 0.478 e. The van der Waals surface area contributed by atoms with Gasteiger partial charge < -0.3 is 9.84 Å². The van der Waals surface area contributed by atoms with E-state index in [2.05, 4.69) is 30.8 Å². The zero-order valence-electron chi connectivity index (χ0n) is 34.8. The summed E-state index contributed by atoms with van der Waals surface area (Å²) in [5.74, 6) is -2.40. The van der Waals surface area contributed by atoms with Crippen molar-refractivity contribution < 1.29 is 54.6 Å². The highest BCUT2D eigenvalue weighted by Gasteiger charge is 2.31. The van der Waals surface area contributed by atoms with Crippen LogP contribution in [0.2, 0.25) is 0 Å². The zero-order valence-corrected chi connectivity index (χ0v) is 34.8. The molecule has 0 saturated carbocycles. The van der Waals surface area contributed by atoms with E-state index >= 15 is 0 Å². The quantitative estimate of drug-likeness (QED) is 0.0927. The van der Waals surface area contributed by atoms with Crippen LogP contribution < -0.4 is 0 Å². The molecule has 0 aliphatic carbocycles. The fourth-order valence-corrected chi connectivity index (χ4v) is 6.80. The smallest absolute Gasteiger partial charge is 0.416 e. The van der Waals surface area contributed by atoms with Crippen molar-refractivity contribution in [3.8, 4) is 22.8 Å². The van der Waals surface area contributed by atoms with Crippen molar-refractivity contribution in [3.05, 3.63) is 201 Å². The molecule has 67 heavy (non-hydrogen) atoms. The molecule has 6 aromatic carbocycles. The molecule has 12 nitrogen and oxygen atoms in total. The third-order valence-electron chi connectivity index (χ3n) is 10.1. The maximum absolute atomic E-state index is 14.0. The first-order chi connectivity index (χ1) is 31.9. The lowest BCUT2D eigenvalue weighted by Crippen LogP contribution is -2.07. The van der Waals surface area contributed by atoms with Crippen LogP contribution in [0, 0.1) is 11.6 Å². The van der Waals surface area contributed by atoms with Gasteiger partial charge >= 0.3 is 24.3 Å². The van der Waals surface area contributed by atoms with Gasteiger partial charge in [0.05, 0.1) is 42.5 Å². The van der Waals surface area contributed by atoms with E-state index in [1.165, 1.54) is 66.5 Å². The van der Waals surface area contributed by atoms with Crippen LogP contribution in [0.25, 0.3) is 22.8 Å². The van der Waals surface area contributed by atoms with Gasteiger partial charge in [0.25, 0.3) is 0 Å². The van der Waals surface area contributed by atoms with Gasteiger partial charge in [-0.1, -0.05) is 84.9 Å². The number of nitrogens with zero attached hydrogens (tertiary/aromatic N) is 8. The Hall–Kier alpha value is -8.16. The van der Waals surface area contributed by atoms with Gasteiger partial charge in [-0.25, -0.2) is 18.4 Å². The van der Waals surface area contributed by atoms with Crippen LogP contribution >= 0.6 is 0 Å². The first-order valence-electron chi connectivity index (χ1n) is 19.9. The van der Waals surface area contributed by atoms with Crippen molar-refractivity contribution in [1.82, 2.24) is 40.4 Å². The molecule has 0 saturated heterocycles. The van der Waals surface area contributed by atoms with E-state index in [1.54, 1.807) is 54.6 Å². The fourth-order valence-electron chi connectivity index (χ4n) is 6.80. The average molecular weight is 927 g/mol. The normalized spacial score (nSPS) is 11.5. The van der Waals surface area contributed by atoms with Gasteiger partial charge in [0.2, 0.25) is 11.6 Å². The Morgan fingerprint density at radius 1 is 0.552 bits per heavy atom. The lowest BCUT2D eigenvalue weighted by atomic mass is 9.96. The van der Waals surface area contributed by atoms with E-state index < -0.39 is 47.1 Å². The first kappa shape index (κ1) is 46.8. The van der Waals surface area contributed by atoms with Crippen molar-refractivity contribution >= 4 is 11.9 Å². The second kappa shape index (κ2) is 19.9. The predicted molar refractivity (Wildman–Crippen MR) is 224 cm³/mol. The van der Waals surface area contributed by atoms with Crippen molar-refractivity contribution in [2.75, 3.05) is 7.11 Å². The summed E-state index contributed by atoms with van der Waals surface area (Å²) in [5.41, 5.74) is 1.95. The van der Waals surface area contributed by atoms with Crippen molar-refractivity contribution in [1.29, 1.82) is 0 Å². The number of hydrogen-bond acceptors (Lipinski definition) is 9. The van der Waals surface area contributed by atoms with E-state index in [9.17, 15) is 49.8 Å². The number of hydrogen-bond donors (Lipinski definition) is 1. The third kappa shape index (κ3) is 11.8. The van der Waals surface area contributed by atoms with Crippen LogP contribution in [0.5, 0.6) is 0 Å². The molecule has 0 radical (unpaired) electrons. The SMILES string of the molecule is COC(=O)c1ccc(Cc2cccc(C(F)(F)F)c2)c(-c2nnn(Cc3ccccc3F)n2)c1.O=C(O)c1ccc(Cc2cccc(C(F)(F)F)c2)c(-c2nnn(Cc3ccccc3F)n2)c1. The number of halogens is 8. The van der Waals surface area contributed by atoms with Gasteiger partial charge in [-0.3, -0.25) is 0 Å². The minimum absolute atomic E-state index is 0.00125. The second-order valence-corrected chi connectivity index (χ2v) is 14.8. The highest BCUT2D eigenvalue weighted by Crippen LogP contribution is 2.33.